The van der Waals surface area contributed by atoms with E-state index in [-0.39, 0.29) is 45.7 Å². The van der Waals surface area contributed by atoms with Gasteiger partial charge in [-0.25, -0.2) is 0 Å². The Morgan fingerprint density at radius 1 is 0.941 bits per heavy atom. The van der Waals surface area contributed by atoms with E-state index >= 15 is 0 Å². The van der Waals surface area contributed by atoms with E-state index in [0.29, 0.717) is 10.8 Å². The van der Waals surface area contributed by atoms with Gasteiger partial charge in [0.15, 0.2) is 0 Å². The Morgan fingerprint density at radius 2 is 1.47 bits per heavy atom. The predicted octanol–water partition coefficient (Wildman–Crippen LogP) is 0.319. The van der Waals surface area contributed by atoms with Gasteiger partial charge in [0.2, 0.25) is 0 Å². The topological polar surface area (TPSA) is 106 Å². The molecule has 0 aliphatic carbocycles. The summed E-state index contributed by atoms with van der Waals surface area (Å²) in [5.41, 5.74) is 0. The van der Waals surface area contributed by atoms with Gasteiger partial charge in [-0.05, 0) is 35.0 Å². The SMILES string of the molecule is O.O=S(=O)(O)c1ccc2cc(O)ccc2c1.[NaH]. The van der Waals surface area contributed by atoms with Gasteiger partial charge in [-0.3, -0.25) is 4.55 Å². The molecule has 0 heterocycles. The molecule has 2 aromatic carbocycles. The van der Waals surface area contributed by atoms with E-state index in [0.717, 1.165) is 0 Å². The molecule has 4 N–H and O–H groups in total. The third-order valence-electron chi connectivity index (χ3n) is 2.09. The molecule has 5 nitrogen and oxygen atoms in total. The first-order valence-electron chi connectivity index (χ1n) is 4.17. The van der Waals surface area contributed by atoms with Crippen molar-refractivity contribution in [2.45, 2.75) is 4.90 Å². The predicted molar refractivity (Wildman–Crippen MR) is 66.2 cm³/mol. The second kappa shape index (κ2) is 5.81. The van der Waals surface area contributed by atoms with Gasteiger partial charge in [0, 0.05) is 0 Å². The minimum absolute atomic E-state index is 0. The number of phenolic OH excluding ortho intramolecular Hbond substituents is 1. The summed E-state index contributed by atoms with van der Waals surface area (Å²) in [6.07, 6.45) is 0. The van der Waals surface area contributed by atoms with E-state index < -0.39 is 10.1 Å². The van der Waals surface area contributed by atoms with Gasteiger partial charge in [0.1, 0.15) is 5.75 Å². The molecule has 0 saturated heterocycles. The number of hydrogen-bond acceptors (Lipinski definition) is 3. The number of benzene rings is 2. The van der Waals surface area contributed by atoms with Crippen LogP contribution in [-0.4, -0.2) is 53.1 Å². The summed E-state index contributed by atoms with van der Waals surface area (Å²) in [7, 11) is -4.17. The zero-order valence-corrected chi connectivity index (χ0v) is 8.90. The van der Waals surface area contributed by atoms with Crippen molar-refractivity contribution in [1.82, 2.24) is 0 Å². The first kappa shape index (κ1) is 16.4. The molecular formula is C10H11NaO5S. The molecule has 0 amide bonds. The Hall–Kier alpha value is -0.630. The Labute approximate surface area is 120 Å². The van der Waals surface area contributed by atoms with E-state index in [1.165, 1.54) is 30.3 Å². The molecule has 0 atom stereocenters. The molecule has 0 unspecified atom stereocenters. The van der Waals surface area contributed by atoms with Gasteiger partial charge in [-0.15, -0.1) is 0 Å². The summed E-state index contributed by atoms with van der Waals surface area (Å²) in [5, 5.41) is 10.5. The molecule has 7 heteroatoms. The third-order valence-corrected chi connectivity index (χ3v) is 2.94. The molecule has 2 aromatic rings. The first-order chi connectivity index (χ1) is 6.97. The van der Waals surface area contributed by atoms with E-state index in [4.69, 9.17) is 4.55 Å². The summed E-state index contributed by atoms with van der Waals surface area (Å²) in [6, 6.07) is 8.72. The molecule has 0 spiro atoms. The fourth-order valence-electron chi connectivity index (χ4n) is 1.37. The standard InChI is InChI=1S/C10H8O4S.Na.H2O.H/c11-9-3-1-8-6-10(15(12,13)14)4-2-7(8)5-9;;;/h1-6,11H,(H,12,13,14);;1H2;. The average Bonchev–Trinajstić information content (AvgIpc) is 2.15. The Morgan fingerprint density at radius 3 is 2.06 bits per heavy atom. The van der Waals surface area contributed by atoms with Gasteiger partial charge < -0.3 is 10.6 Å². The van der Waals surface area contributed by atoms with E-state index in [2.05, 4.69) is 0 Å². The average molecular weight is 266 g/mol. The van der Waals surface area contributed by atoms with Crippen molar-refractivity contribution in [3.63, 3.8) is 0 Å². The monoisotopic (exact) mass is 266 g/mol. The molecule has 0 saturated carbocycles. The summed E-state index contributed by atoms with van der Waals surface area (Å²) in [4.78, 5) is -0.152. The van der Waals surface area contributed by atoms with Gasteiger partial charge in [0.25, 0.3) is 10.1 Å². The summed E-state index contributed by atoms with van der Waals surface area (Å²) >= 11 is 0. The molecule has 0 bridgehead atoms. The van der Waals surface area contributed by atoms with Crippen LogP contribution in [0.4, 0.5) is 0 Å². The van der Waals surface area contributed by atoms with Crippen LogP contribution in [0, 0.1) is 0 Å². The van der Waals surface area contributed by atoms with Crippen LogP contribution in [0.2, 0.25) is 0 Å². The van der Waals surface area contributed by atoms with Gasteiger partial charge in [-0.2, -0.15) is 8.42 Å². The van der Waals surface area contributed by atoms with Gasteiger partial charge >= 0.3 is 29.6 Å². The molecule has 2 rings (SSSR count). The molecular weight excluding hydrogens is 255 g/mol. The molecule has 0 aliphatic rings. The van der Waals surface area contributed by atoms with Crippen molar-refractivity contribution in [2.75, 3.05) is 0 Å². The normalized spacial score (nSPS) is 10.4. The Balaban J connectivity index is 0.00000128. The molecule has 0 aliphatic heterocycles. The van der Waals surface area contributed by atoms with Crippen molar-refractivity contribution < 1.29 is 23.6 Å². The van der Waals surface area contributed by atoms with Crippen LogP contribution in [-0.2, 0) is 10.1 Å². The van der Waals surface area contributed by atoms with Crippen molar-refractivity contribution in [2.24, 2.45) is 0 Å². The number of fused-ring (bicyclic) bond motifs is 1. The summed E-state index contributed by atoms with van der Waals surface area (Å²) in [6.45, 7) is 0. The number of hydrogen-bond donors (Lipinski definition) is 2. The molecule has 0 aromatic heterocycles. The molecule has 0 fully saturated rings. The van der Waals surface area contributed by atoms with Crippen LogP contribution in [0.25, 0.3) is 10.8 Å². The van der Waals surface area contributed by atoms with Crippen LogP contribution >= 0.6 is 0 Å². The Bertz CT molecular complexity index is 624. The fraction of sp³-hybridized carbons (Fsp3) is 0. The van der Waals surface area contributed by atoms with Crippen molar-refractivity contribution >= 4 is 50.4 Å². The number of phenols is 1. The number of aromatic hydroxyl groups is 1. The minimum atomic E-state index is -4.17. The Kier molecular flexibility index (Phi) is 5.60. The maximum atomic E-state index is 10.8. The van der Waals surface area contributed by atoms with Crippen molar-refractivity contribution in [3.05, 3.63) is 36.4 Å². The van der Waals surface area contributed by atoms with E-state index in [1.807, 2.05) is 0 Å². The quantitative estimate of drug-likeness (QED) is 0.572. The van der Waals surface area contributed by atoms with Crippen LogP contribution < -0.4 is 0 Å². The summed E-state index contributed by atoms with van der Waals surface area (Å²) in [5.74, 6) is 0.113. The molecule has 0 radical (unpaired) electrons. The second-order valence-electron chi connectivity index (χ2n) is 3.17. The van der Waals surface area contributed by atoms with Crippen LogP contribution in [0.1, 0.15) is 0 Å². The number of rotatable bonds is 1. The molecule has 88 valence electrons. The molecule has 17 heavy (non-hydrogen) atoms. The fourth-order valence-corrected chi connectivity index (χ4v) is 1.89. The van der Waals surface area contributed by atoms with E-state index in [9.17, 15) is 13.5 Å². The van der Waals surface area contributed by atoms with Crippen LogP contribution in [0.15, 0.2) is 41.3 Å². The van der Waals surface area contributed by atoms with Gasteiger partial charge in [0.05, 0.1) is 4.90 Å². The third kappa shape index (κ3) is 3.67. The summed E-state index contributed by atoms with van der Waals surface area (Å²) < 4.78 is 30.5. The van der Waals surface area contributed by atoms with E-state index in [1.54, 1.807) is 6.07 Å². The first-order valence-corrected chi connectivity index (χ1v) is 5.61. The van der Waals surface area contributed by atoms with Gasteiger partial charge in [-0.1, -0.05) is 12.1 Å². The van der Waals surface area contributed by atoms with Crippen molar-refractivity contribution in [1.29, 1.82) is 0 Å². The zero-order chi connectivity index (χ0) is 11.1. The maximum absolute atomic E-state index is 10.8. The van der Waals surface area contributed by atoms with Crippen molar-refractivity contribution in [3.8, 4) is 5.75 Å². The zero-order valence-electron chi connectivity index (χ0n) is 8.08. The second-order valence-corrected chi connectivity index (χ2v) is 4.59. The van der Waals surface area contributed by atoms with Crippen LogP contribution in [0.3, 0.4) is 0 Å². The van der Waals surface area contributed by atoms with Crippen LogP contribution in [0.5, 0.6) is 5.75 Å².